The molecule has 4 aromatic heterocycles. The molecule has 2 aliphatic rings. The van der Waals surface area contributed by atoms with Crippen LogP contribution in [0.5, 0.6) is 0 Å². The van der Waals surface area contributed by atoms with Gasteiger partial charge in [-0.1, -0.05) is 12.1 Å². The second-order valence-corrected chi connectivity index (χ2v) is 10.1. The van der Waals surface area contributed by atoms with Gasteiger partial charge in [-0.15, -0.1) is 0 Å². The fourth-order valence-electron chi connectivity index (χ4n) is 5.66. The number of aromatic nitrogens is 7. The lowest BCUT2D eigenvalue weighted by Gasteiger charge is -2.33. The third-order valence-corrected chi connectivity index (χ3v) is 7.75. The number of hydrogen-bond acceptors (Lipinski definition) is 8. The summed E-state index contributed by atoms with van der Waals surface area (Å²) in [7, 11) is 0. The molecule has 1 aromatic carbocycles. The van der Waals surface area contributed by atoms with Crippen molar-refractivity contribution in [1.29, 1.82) is 0 Å². The van der Waals surface area contributed by atoms with Crippen molar-refractivity contribution in [3.8, 4) is 5.82 Å². The highest BCUT2D eigenvalue weighted by atomic mass is 19.3. The Morgan fingerprint density at radius 1 is 0.951 bits per heavy atom. The number of rotatable bonds is 5. The van der Waals surface area contributed by atoms with Crippen molar-refractivity contribution in [3.05, 3.63) is 66.5 Å². The van der Waals surface area contributed by atoms with E-state index in [1.165, 1.54) is 4.57 Å². The number of carbonyl (C=O) groups excluding carboxylic acids is 1. The van der Waals surface area contributed by atoms with Gasteiger partial charge in [-0.25, -0.2) is 18.7 Å². The maximum absolute atomic E-state index is 14.3. The first-order valence-corrected chi connectivity index (χ1v) is 13.6. The molecule has 0 aliphatic carbocycles. The smallest absolute Gasteiger partial charge is 0.296 e. The second kappa shape index (κ2) is 10.5. The number of anilines is 1. The zero-order valence-electron chi connectivity index (χ0n) is 22.1. The van der Waals surface area contributed by atoms with E-state index < -0.39 is 12.2 Å². The van der Waals surface area contributed by atoms with E-state index in [9.17, 15) is 13.6 Å². The lowest BCUT2D eigenvalue weighted by molar-refractivity contribution is 0.0695. The fourth-order valence-corrected chi connectivity index (χ4v) is 5.66. The van der Waals surface area contributed by atoms with E-state index in [1.807, 2.05) is 14.4 Å². The first kappa shape index (κ1) is 25.4. The quantitative estimate of drug-likeness (QED) is 0.320. The lowest BCUT2D eigenvalue weighted by atomic mass is 10.0. The first-order valence-electron chi connectivity index (χ1n) is 13.6. The van der Waals surface area contributed by atoms with Gasteiger partial charge in [0.25, 0.3) is 12.3 Å². The van der Waals surface area contributed by atoms with Crippen LogP contribution in [0.15, 0.2) is 55.1 Å². The summed E-state index contributed by atoms with van der Waals surface area (Å²) in [5, 5.41) is 0. The van der Waals surface area contributed by atoms with Crippen molar-refractivity contribution in [3.63, 3.8) is 0 Å². The zero-order chi connectivity index (χ0) is 27.9. The molecule has 2 saturated heterocycles. The third kappa shape index (κ3) is 4.55. The molecular formula is C28H27F2N9O2. The van der Waals surface area contributed by atoms with Crippen molar-refractivity contribution in [2.75, 3.05) is 44.3 Å². The Kier molecular flexibility index (Phi) is 6.50. The summed E-state index contributed by atoms with van der Waals surface area (Å²) >= 11 is 0. The molecule has 2 fully saturated rings. The largest absolute Gasteiger partial charge is 0.378 e. The molecule has 7 rings (SSSR count). The highest BCUT2D eigenvalue weighted by Gasteiger charge is 2.29. The van der Waals surface area contributed by atoms with Crippen molar-refractivity contribution < 1.29 is 18.3 Å². The van der Waals surface area contributed by atoms with E-state index in [0.717, 1.165) is 0 Å². The van der Waals surface area contributed by atoms with Crippen LogP contribution in [0.3, 0.4) is 0 Å². The molecule has 0 saturated carbocycles. The highest BCUT2D eigenvalue weighted by molar-refractivity contribution is 5.94. The molecular weight excluding hydrogens is 532 g/mol. The van der Waals surface area contributed by atoms with Crippen LogP contribution in [0.25, 0.3) is 28.0 Å². The van der Waals surface area contributed by atoms with Crippen LogP contribution in [0.1, 0.15) is 41.5 Å². The number of alkyl halides is 2. The topological polar surface area (TPSA) is 107 Å². The molecule has 13 heteroatoms. The first-order chi connectivity index (χ1) is 20.1. The number of halogens is 2. The van der Waals surface area contributed by atoms with Gasteiger partial charge in [0.05, 0.1) is 30.6 Å². The predicted molar refractivity (Wildman–Crippen MR) is 146 cm³/mol. The summed E-state index contributed by atoms with van der Waals surface area (Å²) in [6, 6.07) is 10.5. The Balaban J connectivity index is 1.30. The van der Waals surface area contributed by atoms with Crippen LogP contribution >= 0.6 is 0 Å². The molecule has 2 aliphatic heterocycles. The number of hydrogen-bond donors (Lipinski definition) is 0. The molecule has 0 radical (unpaired) electrons. The van der Waals surface area contributed by atoms with E-state index in [0.29, 0.717) is 85.9 Å². The molecule has 1 amide bonds. The Labute approximate surface area is 233 Å². The molecule has 0 atom stereocenters. The molecule has 0 unspecified atom stereocenters. The zero-order valence-corrected chi connectivity index (χ0v) is 22.1. The third-order valence-electron chi connectivity index (χ3n) is 7.75. The minimum absolute atomic E-state index is 0.0212. The number of benzene rings is 1. The maximum atomic E-state index is 14.3. The van der Waals surface area contributed by atoms with Gasteiger partial charge in [0.1, 0.15) is 0 Å². The number of pyridine rings is 1. The van der Waals surface area contributed by atoms with Gasteiger partial charge in [-0.2, -0.15) is 9.97 Å². The maximum Gasteiger partial charge on any atom is 0.296 e. The number of piperidine rings is 1. The van der Waals surface area contributed by atoms with Crippen molar-refractivity contribution in [2.24, 2.45) is 0 Å². The van der Waals surface area contributed by atoms with Crippen LogP contribution in [0, 0.1) is 0 Å². The average molecular weight is 560 g/mol. The fraction of sp³-hybridized carbons (Fsp3) is 0.357. The van der Waals surface area contributed by atoms with Gasteiger partial charge in [-0.3, -0.25) is 14.3 Å². The number of morpholine rings is 1. The van der Waals surface area contributed by atoms with E-state index in [1.54, 1.807) is 55.1 Å². The lowest BCUT2D eigenvalue weighted by Crippen LogP contribution is -2.39. The Bertz CT molecular complexity index is 1710. The van der Waals surface area contributed by atoms with Gasteiger partial charge in [-0.05, 0) is 37.1 Å². The number of fused-ring (bicyclic) bond motifs is 2. The van der Waals surface area contributed by atoms with Crippen molar-refractivity contribution >= 4 is 34.1 Å². The average Bonchev–Trinajstić information content (AvgIpc) is 3.64. The monoisotopic (exact) mass is 559 g/mol. The van der Waals surface area contributed by atoms with Crippen LogP contribution < -0.4 is 4.90 Å². The number of nitrogens with zero attached hydrogens (tertiary/aromatic N) is 9. The number of likely N-dealkylation sites (tertiary alicyclic amines) is 1. The number of amides is 1. The van der Waals surface area contributed by atoms with Crippen molar-refractivity contribution in [2.45, 2.75) is 25.3 Å². The number of ether oxygens (including phenoxy) is 1. The minimum atomic E-state index is -2.82. The normalized spacial score (nSPS) is 16.8. The molecule has 210 valence electrons. The van der Waals surface area contributed by atoms with Crippen LogP contribution in [-0.4, -0.2) is 84.3 Å². The summed E-state index contributed by atoms with van der Waals surface area (Å²) in [5.74, 6) is 0.286. The second-order valence-electron chi connectivity index (χ2n) is 10.1. The van der Waals surface area contributed by atoms with E-state index >= 15 is 0 Å². The SMILES string of the molecule is O=C(c1ccncc1)N1CCC(n2cnc3c(-n4c(C(F)F)nc5ccccc54)nc(N4CCOCC4)nc32)CC1. The van der Waals surface area contributed by atoms with Gasteiger partial charge in [0.2, 0.25) is 5.95 Å². The molecule has 0 spiro atoms. The van der Waals surface area contributed by atoms with E-state index in [4.69, 9.17) is 14.7 Å². The number of carbonyl (C=O) groups is 1. The number of imidazole rings is 2. The predicted octanol–water partition coefficient (Wildman–Crippen LogP) is 3.81. The van der Waals surface area contributed by atoms with Gasteiger partial charge < -0.3 is 19.1 Å². The highest BCUT2D eigenvalue weighted by Crippen LogP contribution is 2.33. The van der Waals surface area contributed by atoms with Crippen molar-refractivity contribution in [1.82, 2.24) is 39.0 Å². The van der Waals surface area contributed by atoms with Crippen LogP contribution in [-0.2, 0) is 4.74 Å². The van der Waals surface area contributed by atoms with Gasteiger partial charge in [0, 0.05) is 50.2 Å². The van der Waals surface area contributed by atoms with Crippen LogP contribution in [0.2, 0.25) is 0 Å². The van der Waals surface area contributed by atoms with E-state index in [2.05, 4.69) is 15.0 Å². The summed E-state index contributed by atoms with van der Waals surface area (Å²) in [4.78, 5) is 39.4. The Morgan fingerprint density at radius 2 is 1.71 bits per heavy atom. The molecule has 0 bridgehead atoms. The van der Waals surface area contributed by atoms with E-state index in [-0.39, 0.29) is 17.8 Å². The standard InChI is InChI=1S/C28H27F2N9O2/c29-23(30)26-33-20-3-1-2-4-21(20)39(26)25-22-24(34-28(35-25)37-13-15-41-16-14-37)38(17-32-22)19-7-11-36(12-8-19)27(40)18-5-9-31-10-6-18/h1-6,9-10,17,19,23H,7-8,11-16H2. The summed E-state index contributed by atoms with van der Waals surface area (Å²) < 4.78 is 37.5. The molecule has 41 heavy (non-hydrogen) atoms. The Morgan fingerprint density at radius 3 is 2.46 bits per heavy atom. The van der Waals surface area contributed by atoms with Crippen LogP contribution in [0.4, 0.5) is 14.7 Å². The summed E-state index contributed by atoms with van der Waals surface area (Å²) in [5.41, 5.74) is 2.57. The van der Waals surface area contributed by atoms with Gasteiger partial charge in [0.15, 0.2) is 22.8 Å². The molecule has 6 heterocycles. The minimum Gasteiger partial charge on any atom is -0.378 e. The summed E-state index contributed by atoms with van der Waals surface area (Å²) in [6.45, 7) is 3.36. The molecule has 5 aromatic rings. The molecule has 0 N–H and O–H groups in total. The summed E-state index contributed by atoms with van der Waals surface area (Å²) in [6.07, 6.45) is 3.52. The molecule has 11 nitrogen and oxygen atoms in total. The van der Waals surface area contributed by atoms with Gasteiger partial charge >= 0.3 is 0 Å². The Hall–Kier alpha value is -4.52. The number of para-hydroxylation sites is 2.